The first kappa shape index (κ1) is 17.9. The number of halogens is 3. The molecule has 0 N–H and O–H groups in total. The predicted molar refractivity (Wildman–Crippen MR) is 87.4 cm³/mol. The topological polar surface area (TPSA) is 74.8 Å². The van der Waals surface area contributed by atoms with Crippen LogP contribution in [-0.2, 0) is 12.7 Å². The van der Waals surface area contributed by atoms with Crippen LogP contribution in [0.2, 0.25) is 0 Å². The van der Waals surface area contributed by atoms with Crippen molar-refractivity contribution in [3.8, 4) is 6.07 Å². The van der Waals surface area contributed by atoms with Gasteiger partial charge < -0.3 is 4.90 Å². The Morgan fingerprint density at radius 1 is 1.19 bits per heavy atom. The second-order valence-corrected chi connectivity index (χ2v) is 6.16. The number of pyridine rings is 1. The van der Waals surface area contributed by atoms with Crippen LogP contribution < -0.4 is 10.5 Å². The summed E-state index contributed by atoms with van der Waals surface area (Å²) in [6.45, 7) is 1.46. The fraction of sp³-hybridized carbons (Fsp3) is 0.412. The Hall–Kier alpha value is -2.89. The molecule has 6 nitrogen and oxygen atoms in total. The molecule has 2 aromatic rings. The second kappa shape index (κ2) is 7.15. The van der Waals surface area contributed by atoms with Gasteiger partial charge in [-0.3, -0.25) is 4.79 Å². The van der Waals surface area contributed by atoms with Gasteiger partial charge in [-0.2, -0.15) is 23.5 Å². The van der Waals surface area contributed by atoms with Gasteiger partial charge in [-0.15, -0.1) is 0 Å². The van der Waals surface area contributed by atoms with Crippen molar-refractivity contribution in [3.05, 3.63) is 52.1 Å². The molecular weight excluding hydrogens is 347 g/mol. The third-order valence-electron chi connectivity index (χ3n) is 4.38. The van der Waals surface area contributed by atoms with E-state index < -0.39 is 17.4 Å². The van der Waals surface area contributed by atoms with Gasteiger partial charge in [0.25, 0.3) is 5.56 Å². The molecule has 3 rings (SSSR count). The largest absolute Gasteiger partial charge is 0.435 e. The standard InChI is InChI=1S/C17H16F3N5O/c18-17(19,20)14-4-5-16(26)25(23-14)11-12-6-8-24(9-7-12)15-3-1-2-13(10-21)22-15/h1-5,12H,6-9,11H2. The first-order valence-corrected chi connectivity index (χ1v) is 8.14. The van der Waals surface area contributed by atoms with Crippen LogP contribution in [0.25, 0.3) is 0 Å². The molecule has 2 aromatic heterocycles. The summed E-state index contributed by atoms with van der Waals surface area (Å²) in [5.74, 6) is 0.760. The molecule has 1 saturated heterocycles. The Morgan fingerprint density at radius 2 is 1.92 bits per heavy atom. The van der Waals surface area contributed by atoms with Gasteiger partial charge >= 0.3 is 6.18 Å². The summed E-state index contributed by atoms with van der Waals surface area (Å²) in [6.07, 6.45) is -3.18. The number of hydrogen-bond donors (Lipinski definition) is 0. The summed E-state index contributed by atoms with van der Waals surface area (Å²) in [5.41, 5.74) is -1.26. The minimum atomic E-state index is -4.57. The van der Waals surface area contributed by atoms with Gasteiger partial charge in [-0.05, 0) is 37.0 Å². The molecule has 0 aliphatic carbocycles. The number of nitrogens with zero attached hydrogens (tertiary/aromatic N) is 5. The minimum absolute atomic E-state index is 0.0547. The maximum Gasteiger partial charge on any atom is 0.435 e. The van der Waals surface area contributed by atoms with Crippen molar-refractivity contribution < 1.29 is 13.2 Å². The van der Waals surface area contributed by atoms with Crippen LogP contribution in [-0.4, -0.2) is 27.9 Å². The van der Waals surface area contributed by atoms with E-state index in [2.05, 4.69) is 10.1 Å². The van der Waals surface area contributed by atoms with E-state index >= 15 is 0 Å². The van der Waals surface area contributed by atoms with Gasteiger partial charge in [-0.25, -0.2) is 9.67 Å². The Labute approximate surface area is 147 Å². The van der Waals surface area contributed by atoms with Crippen LogP contribution in [0.4, 0.5) is 19.0 Å². The number of alkyl halides is 3. The van der Waals surface area contributed by atoms with E-state index in [0.717, 1.165) is 10.7 Å². The molecular formula is C17H16F3N5O. The van der Waals surface area contributed by atoms with Crippen molar-refractivity contribution in [2.24, 2.45) is 5.92 Å². The predicted octanol–water partition coefficient (Wildman–Crippen LogP) is 2.45. The molecule has 0 bridgehead atoms. The SMILES string of the molecule is N#Cc1cccc(N2CCC(Cn3nc(C(F)(F)F)ccc3=O)CC2)n1. The monoisotopic (exact) mass is 363 g/mol. The Bertz CT molecular complexity index is 879. The van der Waals surface area contributed by atoms with E-state index in [1.54, 1.807) is 12.1 Å². The Morgan fingerprint density at radius 3 is 2.58 bits per heavy atom. The van der Waals surface area contributed by atoms with E-state index in [4.69, 9.17) is 5.26 Å². The highest BCUT2D eigenvalue weighted by molar-refractivity contribution is 5.41. The quantitative estimate of drug-likeness (QED) is 0.837. The molecule has 0 unspecified atom stereocenters. The third kappa shape index (κ3) is 4.02. The zero-order valence-corrected chi connectivity index (χ0v) is 13.8. The summed E-state index contributed by atoms with van der Waals surface area (Å²) in [7, 11) is 0. The molecule has 1 fully saturated rings. The molecule has 0 radical (unpaired) electrons. The number of piperidine rings is 1. The van der Waals surface area contributed by atoms with Crippen molar-refractivity contribution >= 4 is 5.82 Å². The first-order valence-electron chi connectivity index (χ1n) is 8.14. The lowest BCUT2D eigenvalue weighted by Crippen LogP contribution is -2.37. The molecule has 136 valence electrons. The van der Waals surface area contributed by atoms with Gasteiger partial charge in [0.05, 0.1) is 0 Å². The van der Waals surface area contributed by atoms with E-state index in [1.807, 2.05) is 17.0 Å². The summed E-state index contributed by atoms with van der Waals surface area (Å²) in [4.78, 5) is 18.1. The van der Waals surface area contributed by atoms with Gasteiger partial charge in [0.2, 0.25) is 0 Å². The smallest absolute Gasteiger partial charge is 0.357 e. The highest BCUT2D eigenvalue weighted by Crippen LogP contribution is 2.27. The Kier molecular flexibility index (Phi) is 4.93. The summed E-state index contributed by atoms with van der Waals surface area (Å²) >= 11 is 0. The number of hydrogen-bond acceptors (Lipinski definition) is 5. The average Bonchev–Trinajstić information content (AvgIpc) is 2.63. The van der Waals surface area contributed by atoms with E-state index in [9.17, 15) is 18.0 Å². The number of aromatic nitrogens is 3. The fourth-order valence-electron chi connectivity index (χ4n) is 2.98. The number of anilines is 1. The Balaban J connectivity index is 1.66. The van der Waals surface area contributed by atoms with Crippen LogP contribution in [0.3, 0.4) is 0 Å². The lowest BCUT2D eigenvalue weighted by Gasteiger charge is -2.32. The first-order chi connectivity index (χ1) is 12.4. The van der Waals surface area contributed by atoms with Crippen LogP contribution in [0.5, 0.6) is 0 Å². The van der Waals surface area contributed by atoms with Crippen LogP contribution in [0, 0.1) is 17.2 Å². The zero-order chi connectivity index (χ0) is 18.7. The number of nitriles is 1. The average molecular weight is 363 g/mol. The van der Waals surface area contributed by atoms with Crippen molar-refractivity contribution in [1.82, 2.24) is 14.8 Å². The molecule has 0 amide bonds. The molecule has 0 atom stereocenters. The number of rotatable bonds is 3. The van der Waals surface area contributed by atoms with Gasteiger partial charge in [0.15, 0.2) is 5.69 Å². The highest BCUT2D eigenvalue weighted by Gasteiger charge is 2.33. The van der Waals surface area contributed by atoms with Crippen molar-refractivity contribution in [1.29, 1.82) is 5.26 Å². The van der Waals surface area contributed by atoms with Crippen LogP contribution in [0.15, 0.2) is 35.1 Å². The van der Waals surface area contributed by atoms with E-state index in [1.165, 1.54) is 0 Å². The molecule has 0 saturated carbocycles. The lowest BCUT2D eigenvalue weighted by atomic mass is 9.97. The van der Waals surface area contributed by atoms with Crippen molar-refractivity contribution in [3.63, 3.8) is 0 Å². The third-order valence-corrected chi connectivity index (χ3v) is 4.38. The molecule has 1 aliphatic heterocycles. The maximum atomic E-state index is 12.8. The van der Waals surface area contributed by atoms with Gasteiger partial charge in [0, 0.05) is 25.7 Å². The summed E-state index contributed by atoms with van der Waals surface area (Å²) in [6, 6.07) is 8.81. The van der Waals surface area contributed by atoms with Crippen LogP contribution >= 0.6 is 0 Å². The van der Waals surface area contributed by atoms with E-state index in [-0.39, 0.29) is 12.5 Å². The van der Waals surface area contributed by atoms with Crippen LogP contribution in [0.1, 0.15) is 24.2 Å². The van der Waals surface area contributed by atoms with Crippen molar-refractivity contribution in [2.75, 3.05) is 18.0 Å². The lowest BCUT2D eigenvalue weighted by molar-refractivity contribution is -0.142. The summed E-state index contributed by atoms with van der Waals surface area (Å²) in [5, 5.41) is 12.4. The van der Waals surface area contributed by atoms with Crippen molar-refractivity contribution in [2.45, 2.75) is 25.6 Å². The molecule has 3 heterocycles. The molecule has 26 heavy (non-hydrogen) atoms. The molecule has 0 spiro atoms. The minimum Gasteiger partial charge on any atom is -0.357 e. The molecule has 9 heteroatoms. The molecule has 1 aliphatic rings. The molecule has 0 aromatic carbocycles. The fourth-order valence-corrected chi connectivity index (χ4v) is 2.98. The highest BCUT2D eigenvalue weighted by atomic mass is 19.4. The summed E-state index contributed by atoms with van der Waals surface area (Å²) < 4.78 is 39.2. The van der Waals surface area contributed by atoms with Gasteiger partial charge in [-0.1, -0.05) is 6.07 Å². The van der Waals surface area contributed by atoms with E-state index in [0.29, 0.717) is 43.5 Å². The van der Waals surface area contributed by atoms with Gasteiger partial charge in [0.1, 0.15) is 17.6 Å². The normalized spacial score (nSPS) is 15.7. The maximum absolute atomic E-state index is 12.8. The zero-order valence-electron chi connectivity index (χ0n) is 13.8. The second-order valence-electron chi connectivity index (χ2n) is 6.16.